The van der Waals surface area contributed by atoms with Crippen molar-refractivity contribution in [2.24, 2.45) is 0 Å². The van der Waals surface area contributed by atoms with Crippen LogP contribution in [0.15, 0.2) is 35.7 Å². The first-order valence-corrected chi connectivity index (χ1v) is 10.8. The fraction of sp³-hybridized carbons (Fsp3) is 0.455. The molecule has 0 unspecified atom stereocenters. The molecule has 0 aliphatic carbocycles. The zero-order valence-electron chi connectivity index (χ0n) is 17.2. The molecule has 2 rings (SSSR count). The summed E-state index contributed by atoms with van der Waals surface area (Å²) in [5, 5.41) is 7.89. The second kappa shape index (κ2) is 12.8. The summed E-state index contributed by atoms with van der Waals surface area (Å²) in [5.74, 6) is 1.44. The zero-order valence-corrected chi connectivity index (χ0v) is 18.0. The molecule has 1 aromatic carbocycles. The third kappa shape index (κ3) is 8.56. The van der Waals surface area contributed by atoms with Gasteiger partial charge in [-0.25, -0.2) is 0 Å². The Balaban J connectivity index is 1.53. The molecule has 0 spiro atoms. The van der Waals surface area contributed by atoms with Gasteiger partial charge < -0.3 is 20.1 Å². The van der Waals surface area contributed by atoms with Crippen LogP contribution < -0.4 is 20.1 Å². The quantitative estimate of drug-likeness (QED) is 0.489. The van der Waals surface area contributed by atoms with Gasteiger partial charge in [-0.15, -0.1) is 11.3 Å². The van der Waals surface area contributed by atoms with E-state index in [-0.39, 0.29) is 11.8 Å². The molecule has 7 heteroatoms. The maximum absolute atomic E-state index is 11.9. The van der Waals surface area contributed by atoms with Crippen molar-refractivity contribution in [1.82, 2.24) is 10.6 Å². The largest absolute Gasteiger partial charge is 0.493 e. The summed E-state index contributed by atoms with van der Waals surface area (Å²) >= 11 is 1.70. The predicted molar refractivity (Wildman–Crippen MR) is 116 cm³/mol. The van der Waals surface area contributed by atoms with Crippen LogP contribution in [-0.4, -0.2) is 39.1 Å². The van der Waals surface area contributed by atoms with Crippen molar-refractivity contribution in [3.63, 3.8) is 0 Å². The van der Waals surface area contributed by atoms with Crippen LogP contribution in [0.1, 0.15) is 36.1 Å². The summed E-state index contributed by atoms with van der Waals surface area (Å²) in [4.78, 5) is 25.0. The molecular formula is C22H30N2O4S. The molecule has 6 nitrogen and oxygen atoms in total. The molecule has 158 valence electrons. The van der Waals surface area contributed by atoms with Gasteiger partial charge in [-0.2, -0.15) is 0 Å². The monoisotopic (exact) mass is 418 g/mol. The van der Waals surface area contributed by atoms with Crippen molar-refractivity contribution < 1.29 is 19.1 Å². The predicted octanol–water partition coefficient (Wildman–Crippen LogP) is 3.34. The van der Waals surface area contributed by atoms with Crippen molar-refractivity contribution in [3.8, 4) is 11.5 Å². The zero-order chi connectivity index (χ0) is 20.9. The average molecular weight is 419 g/mol. The van der Waals surface area contributed by atoms with Crippen LogP contribution in [0, 0.1) is 0 Å². The van der Waals surface area contributed by atoms with E-state index in [1.807, 2.05) is 29.6 Å². The minimum atomic E-state index is 0.0172. The van der Waals surface area contributed by atoms with Crippen LogP contribution in [0.3, 0.4) is 0 Å². The number of unbranched alkanes of at least 4 members (excludes halogenated alkanes) is 1. The third-order valence-electron chi connectivity index (χ3n) is 4.52. The first-order valence-electron chi connectivity index (χ1n) is 9.89. The van der Waals surface area contributed by atoms with E-state index in [1.54, 1.807) is 25.6 Å². The number of carbonyl (C=O) groups is 2. The number of benzene rings is 1. The molecule has 0 aliphatic heterocycles. The Kier molecular flexibility index (Phi) is 10.1. The Labute approximate surface area is 176 Å². The first kappa shape index (κ1) is 22.7. The van der Waals surface area contributed by atoms with Crippen molar-refractivity contribution in [1.29, 1.82) is 0 Å². The van der Waals surface area contributed by atoms with Gasteiger partial charge in [0, 0.05) is 30.8 Å². The van der Waals surface area contributed by atoms with Crippen LogP contribution in [0.2, 0.25) is 0 Å². The average Bonchev–Trinajstić information content (AvgIpc) is 3.24. The van der Waals surface area contributed by atoms with E-state index >= 15 is 0 Å². The van der Waals surface area contributed by atoms with Crippen molar-refractivity contribution >= 4 is 23.2 Å². The van der Waals surface area contributed by atoms with Gasteiger partial charge in [-0.05, 0) is 54.8 Å². The number of thiophene rings is 1. The molecule has 2 N–H and O–H groups in total. The van der Waals surface area contributed by atoms with E-state index in [1.165, 1.54) is 4.88 Å². The highest BCUT2D eigenvalue weighted by Crippen LogP contribution is 2.27. The normalized spacial score (nSPS) is 10.4. The Morgan fingerprint density at radius 3 is 2.14 bits per heavy atom. The Hall–Kier alpha value is -2.54. The fourth-order valence-electron chi connectivity index (χ4n) is 2.91. The smallest absolute Gasteiger partial charge is 0.220 e. The highest BCUT2D eigenvalue weighted by atomic mass is 32.1. The van der Waals surface area contributed by atoms with E-state index in [2.05, 4.69) is 16.7 Å². The van der Waals surface area contributed by atoms with Crippen LogP contribution in [0.25, 0.3) is 0 Å². The lowest BCUT2D eigenvalue weighted by Crippen LogP contribution is -2.26. The maximum Gasteiger partial charge on any atom is 0.220 e. The molecule has 0 saturated heterocycles. The van der Waals surface area contributed by atoms with Gasteiger partial charge in [0.15, 0.2) is 11.5 Å². The molecule has 0 radical (unpaired) electrons. The van der Waals surface area contributed by atoms with Gasteiger partial charge in [0.25, 0.3) is 0 Å². The van der Waals surface area contributed by atoms with Crippen LogP contribution in [0.5, 0.6) is 11.5 Å². The number of methoxy groups -OCH3 is 2. The Bertz CT molecular complexity index is 762. The number of nitrogens with one attached hydrogen (secondary N) is 2. The summed E-state index contributed by atoms with van der Waals surface area (Å²) in [6, 6.07) is 9.83. The molecule has 0 bridgehead atoms. The van der Waals surface area contributed by atoms with Crippen molar-refractivity contribution in [2.75, 3.05) is 27.3 Å². The second-order valence-electron chi connectivity index (χ2n) is 6.68. The number of rotatable bonds is 13. The van der Waals surface area contributed by atoms with Gasteiger partial charge in [-0.1, -0.05) is 12.1 Å². The van der Waals surface area contributed by atoms with Gasteiger partial charge >= 0.3 is 0 Å². The molecule has 0 atom stereocenters. The van der Waals surface area contributed by atoms with Crippen molar-refractivity contribution in [2.45, 2.75) is 38.5 Å². The number of amides is 2. The lowest BCUT2D eigenvalue weighted by atomic mass is 10.1. The maximum atomic E-state index is 11.9. The lowest BCUT2D eigenvalue weighted by Gasteiger charge is -2.10. The fourth-order valence-corrected chi connectivity index (χ4v) is 3.62. The standard InChI is InChI=1S/C22H30N2O4S/c1-27-19-10-9-17(16-20(19)28-2)11-13-23-21(25)7-3-4-8-22(26)24-14-12-18-6-5-15-29-18/h5-6,9-10,15-16H,3-4,7-8,11-14H2,1-2H3,(H,23,25)(H,24,26). The summed E-state index contributed by atoms with van der Waals surface area (Å²) in [5.41, 5.74) is 1.07. The molecule has 29 heavy (non-hydrogen) atoms. The molecule has 2 aromatic rings. The summed E-state index contributed by atoms with van der Waals surface area (Å²) in [7, 11) is 3.21. The van der Waals surface area contributed by atoms with Crippen molar-refractivity contribution in [3.05, 3.63) is 46.2 Å². The van der Waals surface area contributed by atoms with E-state index in [0.717, 1.165) is 18.4 Å². The molecule has 1 aromatic heterocycles. The highest BCUT2D eigenvalue weighted by molar-refractivity contribution is 7.09. The minimum absolute atomic E-state index is 0.0172. The lowest BCUT2D eigenvalue weighted by molar-refractivity contribution is -0.123. The molecule has 0 fully saturated rings. The first-order chi connectivity index (χ1) is 14.1. The molecule has 0 aliphatic rings. The van der Waals surface area contributed by atoms with E-state index in [9.17, 15) is 9.59 Å². The number of hydrogen-bond acceptors (Lipinski definition) is 5. The molecule has 2 amide bonds. The summed E-state index contributed by atoms with van der Waals surface area (Å²) < 4.78 is 10.5. The summed E-state index contributed by atoms with van der Waals surface area (Å²) in [6.07, 6.45) is 3.91. The highest BCUT2D eigenvalue weighted by Gasteiger charge is 2.07. The third-order valence-corrected chi connectivity index (χ3v) is 5.45. The van der Waals surface area contributed by atoms with Gasteiger partial charge in [0.2, 0.25) is 11.8 Å². The van der Waals surface area contributed by atoms with Crippen LogP contribution in [0.4, 0.5) is 0 Å². The molecule has 0 saturated carbocycles. The second-order valence-corrected chi connectivity index (χ2v) is 7.71. The van der Waals surface area contributed by atoms with E-state index in [4.69, 9.17) is 9.47 Å². The summed E-state index contributed by atoms with van der Waals surface area (Å²) in [6.45, 7) is 1.23. The minimum Gasteiger partial charge on any atom is -0.493 e. The number of carbonyl (C=O) groups excluding carboxylic acids is 2. The number of ether oxygens (including phenoxy) is 2. The van der Waals surface area contributed by atoms with Gasteiger partial charge in [0.05, 0.1) is 14.2 Å². The van der Waals surface area contributed by atoms with E-state index in [0.29, 0.717) is 50.3 Å². The van der Waals surface area contributed by atoms with E-state index < -0.39 is 0 Å². The Morgan fingerprint density at radius 1 is 0.897 bits per heavy atom. The van der Waals surface area contributed by atoms with Crippen LogP contribution >= 0.6 is 11.3 Å². The van der Waals surface area contributed by atoms with Gasteiger partial charge in [-0.3, -0.25) is 9.59 Å². The van der Waals surface area contributed by atoms with Crippen LogP contribution in [-0.2, 0) is 22.4 Å². The Morgan fingerprint density at radius 2 is 1.55 bits per heavy atom. The topological polar surface area (TPSA) is 76.7 Å². The SMILES string of the molecule is COc1ccc(CCNC(=O)CCCCC(=O)NCCc2cccs2)cc1OC. The van der Waals surface area contributed by atoms with Gasteiger partial charge in [0.1, 0.15) is 0 Å². The molecule has 1 heterocycles. The molecular weight excluding hydrogens is 388 g/mol. The number of hydrogen-bond donors (Lipinski definition) is 2.